The summed E-state index contributed by atoms with van der Waals surface area (Å²) in [6.07, 6.45) is 16.6. The third kappa shape index (κ3) is 5.14. The van der Waals surface area contributed by atoms with Crippen LogP contribution in [0.5, 0.6) is 0 Å². The van der Waals surface area contributed by atoms with E-state index in [4.69, 9.17) is 10.4 Å². The topological polar surface area (TPSA) is 54.0 Å². The molecule has 4 nitrogen and oxygen atoms in total. The molecule has 1 N–H and O–H groups in total. The Morgan fingerprint density at radius 2 is 2.18 bits per heavy atom. The molecule has 28 heavy (non-hydrogen) atoms. The predicted octanol–water partition coefficient (Wildman–Crippen LogP) is 6.19. The molecule has 2 aromatic rings. The first-order valence-corrected chi connectivity index (χ1v) is 10.2. The van der Waals surface area contributed by atoms with Crippen LogP contribution in [0.3, 0.4) is 0 Å². The van der Waals surface area contributed by atoms with Gasteiger partial charge in [-0.3, -0.25) is 4.99 Å². The van der Waals surface area contributed by atoms with Gasteiger partial charge >= 0.3 is 0 Å². The lowest BCUT2D eigenvalue weighted by molar-refractivity contribution is 0.792. The van der Waals surface area contributed by atoms with E-state index < -0.39 is 0 Å². The molecule has 0 radical (unpaired) electrons. The van der Waals surface area contributed by atoms with Crippen LogP contribution in [-0.2, 0) is 13.0 Å². The molecule has 0 aliphatic heterocycles. The normalized spacial score (nSPS) is 12.8. The minimum absolute atomic E-state index is 0.676. The lowest BCUT2D eigenvalue weighted by atomic mass is 10.2. The third-order valence-electron chi connectivity index (χ3n) is 4.30. The Hall–Kier alpha value is -2.79. The highest BCUT2D eigenvalue weighted by atomic mass is 32.1. The zero-order chi connectivity index (χ0) is 20.5. The summed E-state index contributed by atoms with van der Waals surface area (Å²) >= 11 is 1.63. The number of fused-ring (bicyclic) bond motifs is 1. The Morgan fingerprint density at radius 3 is 2.82 bits per heavy atom. The first-order chi connectivity index (χ1) is 13.5. The van der Waals surface area contributed by atoms with Crippen molar-refractivity contribution in [3.8, 4) is 0 Å². The maximum Gasteiger partial charge on any atom is 0.152 e. The quantitative estimate of drug-likeness (QED) is 0.380. The lowest BCUT2D eigenvalue weighted by Crippen LogP contribution is -2.03. The number of hydrogen-bond acceptors (Lipinski definition) is 4. The smallest absolute Gasteiger partial charge is 0.152 e. The van der Waals surface area contributed by atoms with Crippen LogP contribution >= 0.6 is 11.3 Å². The van der Waals surface area contributed by atoms with E-state index in [1.165, 1.54) is 6.21 Å². The van der Waals surface area contributed by atoms with E-state index in [0.29, 0.717) is 13.0 Å². The second-order valence-electron chi connectivity index (χ2n) is 6.33. The van der Waals surface area contributed by atoms with E-state index in [0.717, 1.165) is 44.2 Å². The van der Waals surface area contributed by atoms with Crippen molar-refractivity contribution < 1.29 is 0 Å². The van der Waals surface area contributed by atoms with E-state index in [1.807, 2.05) is 26.0 Å². The summed E-state index contributed by atoms with van der Waals surface area (Å²) in [4.78, 5) is 8.93. The van der Waals surface area contributed by atoms with Crippen LogP contribution in [0, 0.1) is 12.3 Å². The summed E-state index contributed by atoms with van der Waals surface area (Å²) < 4.78 is 3.22. The second-order valence-corrected chi connectivity index (χ2v) is 7.41. The maximum atomic E-state index is 7.86. The van der Waals surface area contributed by atoms with E-state index in [1.54, 1.807) is 23.8 Å². The molecule has 2 rings (SSSR count). The van der Waals surface area contributed by atoms with Gasteiger partial charge in [-0.2, -0.15) is 0 Å². The molecule has 0 aliphatic rings. The van der Waals surface area contributed by atoms with E-state index >= 15 is 0 Å². The van der Waals surface area contributed by atoms with Gasteiger partial charge in [0.05, 0.1) is 4.70 Å². The van der Waals surface area contributed by atoms with Gasteiger partial charge in [-0.1, -0.05) is 44.4 Å². The van der Waals surface area contributed by atoms with Crippen LogP contribution < -0.4 is 0 Å². The second kappa shape index (κ2) is 10.5. The lowest BCUT2D eigenvalue weighted by Gasteiger charge is -2.08. The van der Waals surface area contributed by atoms with Crippen molar-refractivity contribution in [1.82, 2.24) is 9.55 Å². The Bertz CT molecular complexity index is 980. The number of allylic oxidation sites excluding steroid dienone is 7. The molecule has 0 unspecified atom stereocenters. The van der Waals surface area contributed by atoms with Crippen LogP contribution in [0.15, 0.2) is 65.9 Å². The van der Waals surface area contributed by atoms with Crippen LogP contribution in [0.4, 0.5) is 0 Å². The first-order valence-electron chi connectivity index (χ1n) is 9.34. The van der Waals surface area contributed by atoms with Crippen molar-refractivity contribution in [3.63, 3.8) is 0 Å². The number of aromatic nitrogens is 2. The molecular weight excluding hydrogens is 364 g/mol. The highest BCUT2D eigenvalue weighted by Crippen LogP contribution is 2.31. The fraction of sp³-hybridized carbons (Fsp3) is 0.261. The maximum absolute atomic E-state index is 7.86. The summed E-state index contributed by atoms with van der Waals surface area (Å²) in [6, 6.07) is 0. The molecular formula is C23H28N4S. The largest absolute Gasteiger partial charge is 0.324 e. The fourth-order valence-electron chi connectivity index (χ4n) is 2.80. The van der Waals surface area contributed by atoms with Crippen molar-refractivity contribution in [3.05, 3.63) is 77.1 Å². The van der Waals surface area contributed by atoms with Crippen molar-refractivity contribution in [2.24, 2.45) is 4.99 Å². The van der Waals surface area contributed by atoms with Gasteiger partial charge in [0, 0.05) is 42.9 Å². The SMILES string of the molecule is C=C/C(=C\C=C/CC)Cn1c(C)c(C=N)c2sc(CC(=C)/C=C\N=C/C)nc21. The molecule has 0 atom stereocenters. The standard InChI is InChI=1S/C23H28N4S/c1-6-9-10-11-19(7-2)16-27-18(5)20(15-24)22-23(27)26-21(28-22)14-17(4)12-13-25-8-3/h7-13,15,24H,2,4,6,14,16H2,1,3,5H3/b10-9-,13-12-,19-11+,24-15?,25-8-. The van der Waals surface area contributed by atoms with Crippen molar-refractivity contribution in [2.45, 2.75) is 40.2 Å². The Kier molecular flexibility index (Phi) is 8.08. The summed E-state index contributed by atoms with van der Waals surface area (Å²) in [7, 11) is 0. The van der Waals surface area contributed by atoms with E-state index in [2.05, 4.69) is 47.9 Å². The molecule has 0 amide bonds. The van der Waals surface area contributed by atoms with Gasteiger partial charge in [-0.15, -0.1) is 11.3 Å². The Balaban J connectivity index is 2.39. The average Bonchev–Trinajstić information content (AvgIpc) is 3.17. The van der Waals surface area contributed by atoms with Gasteiger partial charge in [-0.05, 0) is 37.5 Å². The fourth-order valence-corrected chi connectivity index (χ4v) is 3.99. The minimum atomic E-state index is 0.676. The number of rotatable bonds is 10. The van der Waals surface area contributed by atoms with Gasteiger partial charge in [0.2, 0.25) is 0 Å². The summed E-state index contributed by atoms with van der Waals surface area (Å²) in [6.45, 7) is 14.8. The molecule has 0 saturated carbocycles. The zero-order valence-corrected chi connectivity index (χ0v) is 17.7. The zero-order valence-electron chi connectivity index (χ0n) is 16.9. The van der Waals surface area contributed by atoms with E-state index in [9.17, 15) is 0 Å². The van der Waals surface area contributed by atoms with Crippen LogP contribution in [-0.4, -0.2) is 22.0 Å². The molecule has 0 aromatic carbocycles. The van der Waals surface area contributed by atoms with Gasteiger partial charge in [0.1, 0.15) is 5.01 Å². The number of nitrogens with one attached hydrogen (secondary N) is 1. The molecule has 0 aliphatic carbocycles. The summed E-state index contributed by atoms with van der Waals surface area (Å²) in [5, 5.41) is 8.85. The van der Waals surface area contributed by atoms with Crippen LogP contribution in [0.1, 0.15) is 36.5 Å². The van der Waals surface area contributed by atoms with Crippen molar-refractivity contribution >= 4 is 34.1 Å². The van der Waals surface area contributed by atoms with Gasteiger partial charge < -0.3 is 9.98 Å². The Labute approximate surface area is 171 Å². The molecule has 0 spiro atoms. The minimum Gasteiger partial charge on any atom is -0.324 e. The van der Waals surface area contributed by atoms with Gasteiger partial charge in [0.25, 0.3) is 0 Å². The summed E-state index contributed by atoms with van der Waals surface area (Å²) in [5.74, 6) is 0. The Morgan fingerprint density at radius 1 is 1.39 bits per heavy atom. The summed E-state index contributed by atoms with van der Waals surface area (Å²) in [5.41, 5.74) is 4.98. The van der Waals surface area contributed by atoms with Gasteiger partial charge in [-0.25, -0.2) is 4.98 Å². The highest BCUT2D eigenvalue weighted by Gasteiger charge is 2.18. The molecule has 2 heterocycles. The molecule has 146 valence electrons. The predicted molar refractivity (Wildman–Crippen MR) is 124 cm³/mol. The molecule has 5 heteroatoms. The molecule has 2 aromatic heterocycles. The number of thiazole rings is 1. The molecule has 0 bridgehead atoms. The molecule has 0 saturated heterocycles. The van der Waals surface area contributed by atoms with E-state index in [-0.39, 0.29) is 0 Å². The first kappa shape index (κ1) is 21.5. The van der Waals surface area contributed by atoms with Gasteiger partial charge in [0.15, 0.2) is 5.65 Å². The van der Waals surface area contributed by atoms with Crippen molar-refractivity contribution in [2.75, 3.05) is 0 Å². The van der Waals surface area contributed by atoms with Crippen molar-refractivity contribution in [1.29, 1.82) is 5.41 Å². The molecule has 0 fully saturated rings. The number of aliphatic imine (C=N–C) groups is 1. The number of nitrogens with zero attached hydrogens (tertiary/aromatic N) is 3. The van der Waals surface area contributed by atoms with Crippen LogP contribution in [0.25, 0.3) is 10.3 Å². The average molecular weight is 393 g/mol. The van der Waals surface area contributed by atoms with Crippen LogP contribution in [0.2, 0.25) is 0 Å². The monoisotopic (exact) mass is 392 g/mol. The third-order valence-corrected chi connectivity index (χ3v) is 5.38. The highest BCUT2D eigenvalue weighted by molar-refractivity contribution is 7.19. The number of hydrogen-bond donors (Lipinski definition) is 1.